The lowest BCUT2D eigenvalue weighted by atomic mass is 10.1. The van der Waals surface area contributed by atoms with Crippen molar-refractivity contribution < 1.29 is 9.59 Å². The van der Waals surface area contributed by atoms with E-state index in [2.05, 4.69) is 36.6 Å². The van der Waals surface area contributed by atoms with E-state index in [0.717, 1.165) is 15.6 Å². The number of amides is 2. The highest BCUT2D eigenvalue weighted by Gasteiger charge is 2.25. The summed E-state index contributed by atoms with van der Waals surface area (Å²) in [6.45, 7) is 3.74. The van der Waals surface area contributed by atoms with E-state index >= 15 is 0 Å². The first kappa shape index (κ1) is 22.0. The second kappa shape index (κ2) is 8.72. The zero-order chi connectivity index (χ0) is 23.0. The molecule has 0 aliphatic rings. The molecule has 0 radical (unpaired) electrons. The van der Waals surface area contributed by atoms with E-state index in [1.807, 2.05) is 32.0 Å². The Morgan fingerprint density at radius 1 is 1.06 bits per heavy atom. The number of hydrogen-bond acceptors (Lipinski definition) is 4. The lowest BCUT2D eigenvalue weighted by molar-refractivity contribution is 0.0964. The van der Waals surface area contributed by atoms with Gasteiger partial charge in [-0.15, -0.1) is 0 Å². The van der Waals surface area contributed by atoms with Gasteiger partial charge in [-0.1, -0.05) is 39.7 Å². The van der Waals surface area contributed by atoms with E-state index in [9.17, 15) is 9.59 Å². The first-order chi connectivity index (χ1) is 15.3. The lowest BCUT2D eigenvalue weighted by Crippen LogP contribution is -2.23. The smallest absolute Gasteiger partial charge is 0.275 e. The monoisotopic (exact) mass is 511 g/mol. The molecule has 0 spiro atoms. The number of benzene rings is 2. The number of carbonyl (C=O) groups excluding carboxylic acids is 2. The van der Waals surface area contributed by atoms with Gasteiger partial charge in [0.15, 0.2) is 5.82 Å². The van der Waals surface area contributed by atoms with Gasteiger partial charge in [0, 0.05) is 23.1 Å². The largest absolute Gasteiger partial charge is 0.355 e. The van der Waals surface area contributed by atoms with Gasteiger partial charge in [-0.05, 0) is 55.3 Å². The van der Waals surface area contributed by atoms with Crippen molar-refractivity contribution in [3.05, 3.63) is 80.5 Å². The maximum atomic E-state index is 13.6. The van der Waals surface area contributed by atoms with Crippen LogP contribution >= 0.6 is 27.5 Å². The molecule has 0 aliphatic heterocycles. The van der Waals surface area contributed by atoms with Crippen molar-refractivity contribution in [2.24, 2.45) is 0 Å². The van der Waals surface area contributed by atoms with Gasteiger partial charge in [0.05, 0.1) is 21.8 Å². The summed E-state index contributed by atoms with van der Waals surface area (Å²) in [7, 11) is 1.54. The van der Waals surface area contributed by atoms with Crippen LogP contribution in [-0.4, -0.2) is 33.6 Å². The fourth-order valence-electron chi connectivity index (χ4n) is 3.55. The quantitative estimate of drug-likeness (QED) is 0.400. The molecule has 0 saturated heterocycles. The molecule has 0 atom stereocenters. The van der Waals surface area contributed by atoms with Crippen LogP contribution in [0.5, 0.6) is 0 Å². The van der Waals surface area contributed by atoms with Crippen LogP contribution in [0.25, 0.3) is 16.7 Å². The van der Waals surface area contributed by atoms with E-state index in [-0.39, 0.29) is 11.6 Å². The number of rotatable bonds is 4. The summed E-state index contributed by atoms with van der Waals surface area (Å²) < 4.78 is 2.25. The Morgan fingerprint density at radius 2 is 1.84 bits per heavy atom. The molecule has 4 aromatic rings. The van der Waals surface area contributed by atoms with Gasteiger partial charge in [-0.2, -0.15) is 5.10 Å². The van der Waals surface area contributed by atoms with Crippen LogP contribution in [0.2, 0.25) is 5.02 Å². The number of hydrogen-bond donors (Lipinski definition) is 2. The zero-order valence-electron chi connectivity index (χ0n) is 17.5. The summed E-state index contributed by atoms with van der Waals surface area (Å²) in [6.07, 6.45) is 1.59. The van der Waals surface area contributed by atoms with E-state index in [1.54, 1.807) is 37.5 Å². The van der Waals surface area contributed by atoms with Crippen LogP contribution in [0.1, 0.15) is 32.0 Å². The van der Waals surface area contributed by atoms with Gasteiger partial charge in [0.1, 0.15) is 5.69 Å². The minimum atomic E-state index is -0.439. The molecule has 0 bridgehead atoms. The molecule has 2 N–H and O–H groups in total. The number of nitrogens with one attached hydrogen (secondary N) is 2. The van der Waals surface area contributed by atoms with Crippen molar-refractivity contribution in [2.75, 3.05) is 12.4 Å². The SMILES string of the molecule is CNC(=O)c1cccc(C)c1NC(=O)c1c2cc(Br)cc(C)c2nn1-c1ncccc1Cl. The molecule has 2 aromatic carbocycles. The molecule has 162 valence electrons. The van der Waals surface area contributed by atoms with Crippen molar-refractivity contribution in [3.63, 3.8) is 0 Å². The van der Waals surface area contributed by atoms with E-state index in [1.165, 1.54) is 4.68 Å². The lowest BCUT2D eigenvalue weighted by Gasteiger charge is -2.14. The van der Waals surface area contributed by atoms with Gasteiger partial charge in [0.25, 0.3) is 11.8 Å². The number of anilines is 1. The Kier molecular flexibility index (Phi) is 5.99. The molecule has 4 rings (SSSR count). The summed E-state index contributed by atoms with van der Waals surface area (Å²) in [5.41, 5.74) is 3.34. The summed E-state index contributed by atoms with van der Waals surface area (Å²) in [5.74, 6) is -0.401. The highest BCUT2D eigenvalue weighted by molar-refractivity contribution is 9.10. The van der Waals surface area contributed by atoms with Crippen molar-refractivity contribution in [2.45, 2.75) is 13.8 Å². The number of para-hydroxylation sites is 1. The molecule has 7 nitrogen and oxygen atoms in total. The topological polar surface area (TPSA) is 88.9 Å². The standard InChI is InChI=1S/C23H19BrClN5O2/c1-12-6-4-7-15(22(31)26-3)18(12)28-23(32)20-16-11-14(24)10-13(2)19(16)29-30(20)21-17(25)8-5-9-27-21/h4-11H,1-3H3,(H,26,31)(H,28,32). The van der Waals surface area contributed by atoms with Gasteiger partial charge in [-0.3, -0.25) is 9.59 Å². The second-order valence-electron chi connectivity index (χ2n) is 7.22. The van der Waals surface area contributed by atoms with Gasteiger partial charge in [-0.25, -0.2) is 9.67 Å². The third-order valence-corrected chi connectivity index (χ3v) is 5.82. The Hall–Kier alpha value is -3.23. The number of carbonyl (C=O) groups is 2. The minimum Gasteiger partial charge on any atom is -0.355 e. The molecule has 0 saturated carbocycles. The number of aryl methyl sites for hydroxylation is 2. The first-order valence-corrected chi connectivity index (χ1v) is 10.9. The molecule has 2 heterocycles. The predicted molar refractivity (Wildman–Crippen MR) is 129 cm³/mol. The molecule has 0 unspecified atom stereocenters. The molecular weight excluding hydrogens is 494 g/mol. The number of fused-ring (bicyclic) bond motifs is 1. The Labute approximate surface area is 197 Å². The predicted octanol–water partition coefficient (Wildman–Crippen LogP) is 5.07. The minimum absolute atomic E-state index is 0.260. The van der Waals surface area contributed by atoms with Gasteiger partial charge in [0.2, 0.25) is 0 Å². The normalized spacial score (nSPS) is 10.9. The van der Waals surface area contributed by atoms with Crippen molar-refractivity contribution in [3.8, 4) is 5.82 Å². The third kappa shape index (κ3) is 3.87. The molecule has 2 amide bonds. The zero-order valence-corrected chi connectivity index (χ0v) is 19.9. The Balaban J connectivity index is 1.93. The van der Waals surface area contributed by atoms with Gasteiger partial charge < -0.3 is 10.6 Å². The van der Waals surface area contributed by atoms with Crippen LogP contribution in [-0.2, 0) is 0 Å². The van der Waals surface area contributed by atoms with Crippen molar-refractivity contribution in [1.82, 2.24) is 20.1 Å². The van der Waals surface area contributed by atoms with Crippen LogP contribution < -0.4 is 10.6 Å². The summed E-state index contributed by atoms with van der Waals surface area (Å²) in [4.78, 5) is 30.4. The highest BCUT2D eigenvalue weighted by Crippen LogP contribution is 2.31. The number of nitrogens with zero attached hydrogens (tertiary/aromatic N) is 3. The second-order valence-corrected chi connectivity index (χ2v) is 8.54. The molecule has 32 heavy (non-hydrogen) atoms. The number of pyridine rings is 1. The number of halogens is 2. The molecule has 0 fully saturated rings. The van der Waals surface area contributed by atoms with Crippen LogP contribution in [0.15, 0.2) is 53.1 Å². The molecule has 9 heteroatoms. The maximum absolute atomic E-state index is 13.6. The summed E-state index contributed by atoms with van der Waals surface area (Å²) >= 11 is 9.89. The van der Waals surface area contributed by atoms with Crippen molar-refractivity contribution >= 4 is 55.9 Å². The Bertz CT molecular complexity index is 1380. The third-order valence-electron chi connectivity index (χ3n) is 5.07. The van der Waals surface area contributed by atoms with Gasteiger partial charge >= 0.3 is 0 Å². The molecular formula is C23H19BrClN5O2. The highest BCUT2D eigenvalue weighted by atomic mass is 79.9. The molecule has 2 aromatic heterocycles. The van der Waals surface area contributed by atoms with Crippen LogP contribution in [0.3, 0.4) is 0 Å². The average molecular weight is 513 g/mol. The maximum Gasteiger partial charge on any atom is 0.275 e. The van der Waals surface area contributed by atoms with E-state index < -0.39 is 5.91 Å². The average Bonchev–Trinajstić information content (AvgIpc) is 3.14. The molecule has 0 aliphatic carbocycles. The number of aromatic nitrogens is 3. The van der Waals surface area contributed by atoms with Crippen LogP contribution in [0, 0.1) is 13.8 Å². The van der Waals surface area contributed by atoms with E-state index in [0.29, 0.717) is 33.0 Å². The fraction of sp³-hybridized carbons (Fsp3) is 0.130. The van der Waals surface area contributed by atoms with E-state index in [4.69, 9.17) is 11.6 Å². The Morgan fingerprint density at radius 3 is 2.56 bits per heavy atom. The fourth-order valence-corrected chi connectivity index (χ4v) is 4.32. The summed E-state index contributed by atoms with van der Waals surface area (Å²) in [6, 6.07) is 12.4. The van der Waals surface area contributed by atoms with Crippen LogP contribution in [0.4, 0.5) is 5.69 Å². The van der Waals surface area contributed by atoms with Crippen molar-refractivity contribution in [1.29, 1.82) is 0 Å². The summed E-state index contributed by atoms with van der Waals surface area (Å²) in [5, 5.41) is 11.2. The first-order valence-electron chi connectivity index (χ1n) is 9.74.